The van der Waals surface area contributed by atoms with Gasteiger partial charge in [0.25, 0.3) is 0 Å². The largest absolute Gasteiger partial charge is 0.239 e. The zero-order valence-corrected chi connectivity index (χ0v) is 9.74. The Morgan fingerprint density at radius 3 is 2.57 bits per heavy atom. The topological polar surface area (TPSA) is 32.3 Å². The second-order valence-corrected chi connectivity index (χ2v) is 4.76. The van der Waals surface area contributed by atoms with E-state index in [1.165, 1.54) is 5.56 Å². The fourth-order valence-electron chi connectivity index (χ4n) is 1.05. The highest BCUT2D eigenvalue weighted by Gasteiger charge is 2.14. The van der Waals surface area contributed by atoms with Gasteiger partial charge in [-0.15, -0.1) is 16.3 Å². The molecular formula is C10H15ClNOS+. The molecule has 0 saturated carbocycles. The van der Waals surface area contributed by atoms with Crippen molar-refractivity contribution in [3.8, 4) is 0 Å². The molecule has 0 saturated heterocycles. The van der Waals surface area contributed by atoms with Gasteiger partial charge >= 0.3 is 0 Å². The van der Waals surface area contributed by atoms with Crippen molar-refractivity contribution in [2.45, 2.75) is 12.7 Å². The first-order valence-electron chi connectivity index (χ1n) is 4.47. The molecule has 0 radical (unpaired) electrons. The van der Waals surface area contributed by atoms with Gasteiger partial charge in [0.2, 0.25) is 11.4 Å². The molecule has 1 rings (SSSR count). The van der Waals surface area contributed by atoms with Crippen LogP contribution in [0.4, 0.5) is 0 Å². The monoisotopic (exact) mass is 232 g/mol. The minimum absolute atomic E-state index is 0.526. The highest BCUT2D eigenvalue weighted by Crippen LogP contribution is 2.06. The van der Waals surface area contributed by atoms with Crippen LogP contribution in [0.3, 0.4) is 0 Å². The normalized spacial score (nSPS) is 12.8. The van der Waals surface area contributed by atoms with E-state index in [1.807, 2.05) is 31.2 Å². The summed E-state index contributed by atoms with van der Waals surface area (Å²) in [7, 11) is 0. The summed E-state index contributed by atoms with van der Waals surface area (Å²) < 4.78 is 12.5. The zero-order valence-electron chi connectivity index (χ0n) is 8.16. The molecule has 0 aliphatic heterocycles. The predicted octanol–water partition coefficient (Wildman–Crippen LogP) is 2.33. The fraction of sp³-hybridized carbons (Fsp3) is 0.400. The van der Waals surface area contributed by atoms with Crippen LogP contribution in [0.25, 0.3) is 0 Å². The molecule has 0 bridgehead atoms. The number of hydrogen-bond donors (Lipinski definition) is 2. The van der Waals surface area contributed by atoms with Crippen LogP contribution in [0.15, 0.2) is 24.3 Å². The first-order chi connectivity index (χ1) is 6.72. The zero-order chi connectivity index (χ0) is 10.4. The summed E-state index contributed by atoms with van der Waals surface area (Å²) in [6, 6.07) is 8.17. The van der Waals surface area contributed by atoms with E-state index in [4.69, 9.17) is 11.6 Å². The predicted molar refractivity (Wildman–Crippen MR) is 63.6 cm³/mol. The number of halogens is 1. The van der Waals surface area contributed by atoms with E-state index in [0.717, 1.165) is 5.56 Å². The minimum Gasteiger partial charge on any atom is -0.166 e. The summed E-state index contributed by atoms with van der Waals surface area (Å²) in [6.07, 6.45) is 0. The Labute approximate surface area is 93.0 Å². The van der Waals surface area contributed by atoms with Crippen molar-refractivity contribution in [3.63, 3.8) is 0 Å². The van der Waals surface area contributed by atoms with E-state index >= 15 is 0 Å². The lowest BCUT2D eigenvalue weighted by atomic mass is 10.2. The Morgan fingerprint density at radius 2 is 2.00 bits per heavy atom. The lowest BCUT2D eigenvalue weighted by Crippen LogP contribution is -2.26. The molecule has 1 aromatic rings. The number of rotatable bonds is 5. The van der Waals surface area contributed by atoms with E-state index in [1.54, 1.807) is 0 Å². The number of alkyl halides is 1. The van der Waals surface area contributed by atoms with Crippen LogP contribution >= 0.6 is 11.6 Å². The van der Waals surface area contributed by atoms with Crippen molar-refractivity contribution in [2.75, 3.05) is 12.4 Å². The molecular weight excluding hydrogens is 218 g/mol. The van der Waals surface area contributed by atoms with Gasteiger partial charge in [0.15, 0.2) is 5.75 Å². The smallest absolute Gasteiger partial charge is 0.166 e. The highest BCUT2D eigenvalue weighted by molar-refractivity contribution is 7.88. The van der Waals surface area contributed by atoms with Gasteiger partial charge in [-0.25, -0.2) is 0 Å². The Hall–Kier alpha value is -0.220. The van der Waals surface area contributed by atoms with E-state index < -0.39 is 11.4 Å². The van der Waals surface area contributed by atoms with Crippen LogP contribution in [0, 0.1) is 6.92 Å². The van der Waals surface area contributed by atoms with Crippen molar-refractivity contribution >= 4 is 23.0 Å². The van der Waals surface area contributed by atoms with Crippen LogP contribution in [-0.2, 0) is 17.1 Å². The number of hydrogen-bond acceptors (Lipinski definition) is 2. The molecule has 1 atom stereocenters. The lowest BCUT2D eigenvalue weighted by molar-refractivity contribution is 0.623. The summed E-state index contributed by atoms with van der Waals surface area (Å²) in [5.74, 6) is 1.18. The summed E-state index contributed by atoms with van der Waals surface area (Å²) in [6.45, 7) is 2.70. The molecule has 1 aromatic carbocycles. The average Bonchev–Trinajstić information content (AvgIpc) is 2.18. The molecule has 2 nitrogen and oxygen atoms in total. The van der Waals surface area contributed by atoms with Crippen LogP contribution in [0.5, 0.6) is 0 Å². The maximum atomic E-state index is 9.56. The Bertz CT molecular complexity index is 265. The third-order valence-corrected chi connectivity index (χ3v) is 3.12. The quantitative estimate of drug-likeness (QED) is 0.603. The van der Waals surface area contributed by atoms with Crippen molar-refractivity contribution in [1.29, 1.82) is 0 Å². The third-order valence-electron chi connectivity index (χ3n) is 1.79. The average molecular weight is 233 g/mol. The number of nitrogens with one attached hydrogen (secondary N) is 1. The highest BCUT2D eigenvalue weighted by atomic mass is 35.5. The molecule has 14 heavy (non-hydrogen) atoms. The van der Waals surface area contributed by atoms with Crippen LogP contribution in [0.2, 0.25) is 0 Å². The van der Waals surface area contributed by atoms with E-state index in [9.17, 15) is 4.55 Å². The number of benzene rings is 1. The van der Waals surface area contributed by atoms with E-state index in [-0.39, 0.29) is 0 Å². The molecule has 1 unspecified atom stereocenters. The third kappa shape index (κ3) is 4.33. The van der Waals surface area contributed by atoms with E-state index in [2.05, 4.69) is 4.72 Å². The van der Waals surface area contributed by atoms with Gasteiger partial charge in [0, 0.05) is 11.4 Å². The second-order valence-electron chi connectivity index (χ2n) is 3.08. The SMILES string of the molecule is Cc1ccc(C[S+](O)NCCCl)cc1. The minimum atomic E-state index is -0.762. The van der Waals surface area contributed by atoms with Crippen molar-refractivity contribution in [2.24, 2.45) is 0 Å². The molecule has 0 fully saturated rings. The molecule has 78 valence electrons. The first-order valence-corrected chi connectivity index (χ1v) is 6.36. The second kappa shape index (κ2) is 6.30. The van der Waals surface area contributed by atoms with Gasteiger partial charge in [-0.1, -0.05) is 29.8 Å². The van der Waals surface area contributed by atoms with Crippen LogP contribution in [-0.4, -0.2) is 17.0 Å². The van der Waals surface area contributed by atoms with Gasteiger partial charge in [0.05, 0.1) is 6.54 Å². The standard InChI is InChI=1S/C10H15ClNOS/c1-9-2-4-10(5-3-9)8-14(13)12-7-6-11/h2-5,12-13H,6-8H2,1H3/q+1. The van der Waals surface area contributed by atoms with Crippen LogP contribution in [0.1, 0.15) is 11.1 Å². The Kier molecular flexibility index (Phi) is 5.33. The maximum Gasteiger partial charge on any atom is 0.239 e. The maximum absolute atomic E-state index is 9.56. The Morgan fingerprint density at radius 1 is 1.36 bits per heavy atom. The van der Waals surface area contributed by atoms with Crippen LogP contribution < -0.4 is 4.72 Å². The lowest BCUT2D eigenvalue weighted by Gasteiger charge is -2.00. The molecule has 2 N–H and O–H groups in total. The fourth-order valence-corrected chi connectivity index (χ4v) is 2.20. The van der Waals surface area contributed by atoms with Gasteiger partial charge in [0.1, 0.15) is 0 Å². The van der Waals surface area contributed by atoms with Gasteiger partial charge in [-0.3, -0.25) is 0 Å². The van der Waals surface area contributed by atoms with Crippen molar-refractivity contribution < 1.29 is 4.55 Å². The molecule has 0 aliphatic rings. The summed E-state index contributed by atoms with van der Waals surface area (Å²) in [5.41, 5.74) is 2.38. The molecule has 4 heteroatoms. The van der Waals surface area contributed by atoms with Crippen molar-refractivity contribution in [1.82, 2.24) is 4.72 Å². The number of aryl methyl sites for hydroxylation is 1. The molecule has 0 spiro atoms. The summed E-state index contributed by atoms with van der Waals surface area (Å²) >= 11 is 4.74. The molecule has 0 amide bonds. The van der Waals surface area contributed by atoms with E-state index in [0.29, 0.717) is 18.2 Å². The van der Waals surface area contributed by atoms with Gasteiger partial charge in [-0.2, -0.15) is 4.55 Å². The van der Waals surface area contributed by atoms with Gasteiger partial charge in [-0.05, 0) is 6.92 Å². The van der Waals surface area contributed by atoms with Gasteiger partial charge < -0.3 is 0 Å². The first kappa shape index (κ1) is 11.9. The van der Waals surface area contributed by atoms with Crippen molar-refractivity contribution in [3.05, 3.63) is 35.4 Å². The molecule has 0 heterocycles. The molecule has 0 aliphatic carbocycles. The Balaban J connectivity index is 2.39. The summed E-state index contributed by atoms with van der Waals surface area (Å²) in [4.78, 5) is 0. The summed E-state index contributed by atoms with van der Waals surface area (Å²) in [5, 5.41) is 0. The molecule has 0 aromatic heterocycles.